The highest BCUT2D eigenvalue weighted by molar-refractivity contribution is 9.13. The fourth-order valence-electron chi connectivity index (χ4n) is 1.15. The summed E-state index contributed by atoms with van der Waals surface area (Å²) in [6.45, 7) is 0.789. The van der Waals surface area contributed by atoms with Crippen LogP contribution < -0.4 is 5.56 Å². The Kier molecular flexibility index (Phi) is 5.49. The molecule has 0 spiro atoms. The highest BCUT2D eigenvalue weighted by Crippen LogP contribution is 2.16. The molecule has 0 fully saturated rings. The average Bonchev–Trinajstić information content (AvgIpc) is 2.24. The van der Waals surface area contributed by atoms with E-state index in [2.05, 4.69) is 37.0 Å². The first-order valence-electron chi connectivity index (χ1n) is 4.69. The maximum absolute atomic E-state index is 11.6. The van der Waals surface area contributed by atoms with Crippen molar-refractivity contribution in [3.05, 3.63) is 25.5 Å². The van der Waals surface area contributed by atoms with Gasteiger partial charge >= 0.3 is 0 Å². The fourth-order valence-corrected chi connectivity index (χ4v) is 1.72. The summed E-state index contributed by atoms with van der Waals surface area (Å²) in [4.78, 5) is 11.6. The molecule has 0 saturated carbocycles. The molecule has 4 nitrogen and oxygen atoms in total. The third-order valence-corrected chi connectivity index (χ3v) is 3.87. The Hall–Kier alpha value is -0.200. The van der Waals surface area contributed by atoms with Crippen LogP contribution in [0, 0.1) is 0 Å². The maximum atomic E-state index is 11.6. The molecule has 6 heteroatoms. The highest BCUT2D eigenvalue weighted by Gasteiger charge is 2.05. The molecular formula is C9H12Br2N2O2. The van der Waals surface area contributed by atoms with Crippen molar-refractivity contribution in [2.24, 2.45) is 0 Å². The molecule has 0 atom stereocenters. The lowest BCUT2D eigenvalue weighted by Gasteiger charge is -2.04. The molecule has 1 rings (SSSR count). The van der Waals surface area contributed by atoms with Gasteiger partial charge in [0.15, 0.2) is 0 Å². The molecule has 1 N–H and O–H groups in total. The number of nitrogens with zero attached hydrogens (tertiary/aromatic N) is 2. The third-order valence-electron chi connectivity index (χ3n) is 1.97. The summed E-state index contributed by atoms with van der Waals surface area (Å²) >= 11 is 6.41. The number of aliphatic hydroxyl groups is 1. The number of unbranched alkanes of at least 4 members (excludes halogenated alkanes) is 2. The van der Waals surface area contributed by atoms with Gasteiger partial charge in [-0.05, 0) is 51.1 Å². The minimum Gasteiger partial charge on any atom is -0.396 e. The standard InChI is InChI=1S/C9H12Br2N2O2/c10-7-6-12-13(9(15)8(7)11)4-2-1-3-5-14/h6,14H,1-5H2. The Bertz CT molecular complexity index is 379. The van der Waals surface area contributed by atoms with E-state index in [4.69, 9.17) is 5.11 Å². The zero-order valence-corrected chi connectivity index (χ0v) is 11.3. The highest BCUT2D eigenvalue weighted by atomic mass is 79.9. The van der Waals surface area contributed by atoms with E-state index in [-0.39, 0.29) is 12.2 Å². The molecule has 0 amide bonds. The first-order chi connectivity index (χ1) is 7.16. The van der Waals surface area contributed by atoms with E-state index in [0.29, 0.717) is 15.5 Å². The molecule has 0 saturated heterocycles. The predicted molar refractivity (Wildman–Crippen MR) is 64.8 cm³/mol. The van der Waals surface area contributed by atoms with Gasteiger partial charge in [-0.3, -0.25) is 4.79 Å². The Morgan fingerprint density at radius 2 is 2.07 bits per heavy atom. The molecule has 0 unspecified atom stereocenters. The second kappa shape index (κ2) is 6.40. The molecular weight excluding hydrogens is 328 g/mol. The van der Waals surface area contributed by atoms with Crippen molar-refractivity contribution < 1.29 is 5.11 Å². The summed E-state index contributed by atoms with van der Waals surface area (Å²) in [5, 5.41) is 12.6. The van der Waals surface area contributed by atoms with Crippen molar-refractivity contribution in [1.82, 2.24) is 9.78 Å². The first kappa shape index (κ1) is 12.9. The zero-order valence-electron chi connectivity index (χ0n) is 8.12. The fraction of sp³-hybridized carbons (Fsp3) is 0.556. The monoisotopic (exact) mass is 338 g/mol. The van der Waals surface area contributed by atoms with Crippen LogP contribution in [0.2, 0.25) is 0 Å². The maximum Gasteiger partial charge on any atom is 0.282 e. The zero-order chi connectivity index (χ0) is 11.3. The normalized spacial score (nSPS) is 10.6. The number of aromatic nitrogens is 2. The SMILES string of the molecule is O=c1c(Br)c(Br)cnn1CCCCCO. The summed E-state index contributed by atoms with van der Waals surface area (Å²) in [5.41, 5.74) is -0.131. The van der Waals surface area contributed by atoms with Crippen LogP contribution in [0.5, 0.6) is 0 Å². The van der Waals surface area contributed by atoms with Gasteiger partial charge in [-0.2, -0.15) is 5.10 Å². The molecule has 0 aliphatic rings. The summed E-state index contributed by atoms with van der Waals surface area (Å²) in [6.07, 6.45) is 4.11. The number of aryl methyl sites for hydroxylation is 1. The van der Waals surface area contributed by atoms with Crippen LogP contribution in [0.1, 0.15) is 19.3 Å². The Morgan fingerprint density at radius 1 is 1.33 bits per heavy atom. The van der Waals surface area contributed by atoms with Crippen LogP contribution >= 0.6 is 31.9 Å². The second-order valence-corrected chi connectivity index (χ2v) is 4.77. The van der Waals surface area contributed by atoms with Crippen molar-refractivity contribution in [3.8, 4) is 0 Å². The van der Waals surface area contributed by atoms with Gasteiger partial charge in [-0.25, -0.2) is 4.68 Å². The van der Waals surface area contributed by atoms with Crippen molar-refractivity contribution in [1.29, 1.82) is 0 Å². The van der Waals surface area contributed by atoms with E-state index < -0.39 is 0 Å². The molecule has 1 aromatic heterocycles. The van der Waals surface area contributed by atoms with E-state index in [1.807, 2.05) is 0 Å². The second-order valence-electron chi connectivity index (χ2n) is 3.12. The van der Waals surface area contributed by atoms with Crippen LogP contribution in [-0.4, -0.2) is 21.5 Å². The van der Waals surface area contributed by atoms with Crippen molar-refractivity contribution in [2.45, 2.75) is 25.8 Å². The molecule has 15 heavy (non-hydrogen) atoms. The lowest BCUT2D eigenvalue weighted by molar-refractivity contribution is 0.281. The summed E-state index contributed by atoms with van der Waals surface area (Å²) in [7, 11) is 0. The summed E-state index contributed by atoms with van der Waals surface area (Å²) < 4.78 is 2.59. The lowest BCUT2D eigenvalue weighted by Crippen LogP contribution is -2.23. The minimum absolute atomic E-state index is 0.131. The Morgan fingerprint density at radius 3 is 2.73 bits per heavy atom. The van der Waals surface area contributed by atoms with E-state index in [1.165, 1.54) is 4.68 Å². The number of aliphatic hydroxyl groups excluding tert-OH is 1. The van der Waals surface area contributed by atoms with Gasteiger partial charge in [0.1, 0.15) is 4.47 Å². The van der Waals surface area contributed by atoms with Crippen molar-refractivity contribution in [3.63, 3.8) is 0 Å². The minimum atomic E-state index is -0.131. The van der Waals surface area contributed by atoms with Gasteiger partial charge in [0, 0.05) is 13.2 Å². The summed E-state index contributed by atoms with van der Waals surface area (Å²) in [5.74, 6) is 0. The Labute approximate surface area is 105 Å². The summed E-state index contributed by atoms with van der Waals surface area (Å²) in [6, 6.07) is 0. The molecule has 0 aromatic carbocycles. The van der Waals surface area contributed by atoms with E-state index in [1.54, 1.807) is 6.20 Å². The van der Waals surface area contributed by atoms with Crippen LogP contribution in [0.3, 0.4) is 0 Å². The predicted octanol–water partition coefficient (Wildman–Crippen LogP) is 1.93. The van der Waals surface area contributed by atoms with E-state index in [0.717, 1.165) is 19.3 Å². The van der Waals surface area contributed by atoms with Crippen LogP contribution in [0.15, 0.2) is 19.9 Å². The van der Waals surface area contributed by atoms with Gasteiger partial charge in [-0.1, -0.05) is 0 Å². The van der Waals surface area contributed by atoms with Gasteiger partial charge in [0.2, 0.25) is 0 Å². The first-order valence-corrected chi connectivity index (χ1v) is 6.27. The van der Waals surface area contributed by atoms with Crippen LogP contribution in [-0.2, 0) is 6.54 Å². The quantitative estimate of drug-likeness (QED) is 0.834. The van der Waals surface area contributed by atoms with Gasteiger partial charge in [0.25, 0.3) is 5.56 Å². The topological polar surface area (TPSA) is 55.1 Å². The number of halogens is 2. The molecule has 0 bridgehead atoms. The third kappa shape index (κ3) is 3.70. The van der Waals surface area contributed by atoms with Crippen LogP contribution in [0.25, 0.3) is 0 Å². The molecule has 0 aliphatic carbocycles. The number of hydrogen-bond acceptors (Lipinski definition) is 3. The van der Waals surface area contributed by atoms with Crippen LogP contribution in [0.4, 0.5) is 0 Å². The molecule has 84 valence electrons. The smallest absolute Gasteiger partial charge is 0.282 e. The average molecular weight is 340 g/mol. The van der Waals surface area contributed by atoms with Crippen molar-refractivity contribution >= 4 is 31.9 Å². The number of rotatable bonds is 5. The van der Waals surface area contributed by atoms with Gasteiger partial charge in [-0.15, -0.1) is 0 Å². The Balaban J connectivity index is 2.63. The molecule has 0 radical (unpaired) electrons. The van der Waals surface area contributed by atoms with Gasteiger partial charge in [0.05, 0.1) is 10.7 Å². The molecule has 1 aromatic rings. The van der Waals surface area contributed by atoms with E-state index in [9.17, 15) is 4.79 Å². The van der Waals surface area contributed by atoms with Crippen molar-refractivity contribution in [2.75, 3.05) is 6.61 Å². The molecule has 0 aliphatic heterocycles. The lowest BCUT2D eigenvalue weighted by atomic mass is 10.2. The largest absolute Gasteiger partial charge is 0.396 e. The van der Waals surface area contributed by atoms with Gasteiger partial charge < -0.3 is 5.11 Å². The van der Waals surface area contributed by atoms with E-state index >= 15 is 0 Å². The molecule has 1 heterocycles. The number of hydrogen-bond donors (Lipinski definition) is 1.